The van der Waals surface area contributed by atoms with Crippen molar-refractivity contribution in [3.8, 4) is 0 Å². The Morgan fingerprint density at radius 1 is 1.15 bits per heavy atom. The Morgan fingerprint density at radius 2 is 1.63 bits per heavy atom. The molecular weight excluding hydrogens is 599 g/mol. The molecule has 2 heterocycles. The molecule has 0 radical (unpaired) electrons. The summed E-state index contributed by atoms with van der Waals surface area (Å²) in [6.45, 7) is 7.35. The van der Waals surface area contributed by atoms with Crippen molar-refractivity contribution < 1.29 is 51.9 Å². The van der Waals surface area contributed by atoms with E-state index in [2.05, 4.69) is 15.2 Å². The Labute approximate surface area is 239 Å². The zero-order chi connectivity index (χ0) is 31.4. The number of rotatable bonds is 13. The quantitative estimate of drug-likeness (QED) is 0.150. The normalized spacial score (nSPS) is 24.6. The summed E-state index contributed by atoms with van der Waals surface area (Å²) in [6.07, 6.45) is -10.3. The highest BCUT2D eigenvalue weighted by Crippen LogP contribution is 2.46. The van der Waals surface area contributed by atoms with Gasteiger partial charge in [0, 0.05) is 6.20 Å². The van der Waals surface area contributed by atoms with E-state index in [1.165, 1.54) is 13.8 Å². The summed E-state index contributed by atoms with van der Waals surface area (Å²) >= 11 is 5.86. The van der Waals surface area contributed by atoms with E-state index in [1.54, 1.807) is 27.7 Å². The van der Waals surface area contributed by atoms with E-state index in [4.69, 9.17) is 36.1 Å². The Balaban J connectivity index is 2.41. The van der Waals surface area contributed by atoms with Gasteiger partial charge in [0.15, 0.2) is 11.8 Å². The molecule has 1 aliphatic rings. The number of carbonyl (C=O) groups excluding carboxylic acids is 2. The van der Waals surface area contributed by atoms with Crippen molar-refractivity contribution in [3.05, 3.63) is 21.7 Å². The van der Waals surface area contributed by atoms with Crippen molar-refractivity contribution in [2.24, 2.45) is 0 Å². The minimum atomic E-state index is -4.65. The first-order valence-electron chi connectivity index (χ1n) is 12.4. The van der Waals surface area contributed by atoms with Gasteiger partial charge < -0.3 is 34.7 Å². The van der Waals surface area contributed by atoms with E-state index in [0.717, 1.165) is 6.20 Å². The maximum Gasteiger partial charge on any atom is 0.351 e. The van der Waals surface area contributed by atoms with Crippen LogP contribution in [0.15, 0.2) is 11.0 Å². The van der Waals surface area contributed by atoms with E-state index in [0.29, 0.717) is 4.57 Å². The molecule has 0 saturated carbocycles. The number of aliphatic hydroxyl groups is 2. The predicted molar refractivity (Wildman–Crippen MR) is 140 cm³/mol. The first-order chi connectivity index (χ1) is 18.8. The molecule has 1 aromatic rings. The molecule has 0 amide bonds. The zero-order valence-electron chi connectivity index (χ0n) is 23.1. The summed E-state index contributed by atoms with van der Waals surface area (Å²) in [7, 11) is -4.65. The second-order valence-corrected chi connectivity index (χ2v) is 12.1. The number of hydrogen-bond donors (Lipinski definition) is 5. The van der Waals surface area contributed by atoms with E-state index >= 15 is 0 Å². The topological polar surface area (TPSA) is 214 Å². The number of aromatic nitrogens is 2. The number of halogens is 3. The second kappa shape index (κ2) is 13.8. The SMILES string of the molecule is CC(C)OC(=O)[C@H](C)NP(=O)(N[C@@H](C)C(=O)OC(C)C)OC[C@@]1(C(F)F)O[C@@H](n2cc(Cl)c(N)nc2=O)[C@H](O)[C@@H]1O. The number of alkyl halides is 2. The van der Waals surface area contributed by atoms with Crippen molar-refractivity contribution in [2.45, 2.75) is 96.3 Å². The molecule has 19 heteroatoms. The molecule has 2 rings (SSSR count). The van der Waals surface area contributed by atoms with Gasteiger partial charge in [0.05, 0.1) is 23.8 Å². The first kappa shape index (κ1) is 35.0. The third-order valence-electron chi connectivity index (χ3n) is 5.64. The summed E-state index contributed by atoms with van der Waals surface area (Å²) in [5.74, 6) is -2.14. The Kier molecular flexibility index (Phi) is 11.8. The molecule has 0 unspecified atom stereocenters. The van der Waals surface area contributed by atoms with Crippen LogP contribution in [-0.4, -0.2) is 86.8 Å². The fourth-order valence-corrected chi connectivity index (χ4v) is 5.61. The summed E-state index contributed by atoms with van der Waals surface area (Å²) in [5, 5.41) is 25.6. The summed E-state index contributed by atoms with van der Waals surface area (Å²) in [6, 6.07) is -2.69. The summed E-state index contributed by atoms with van der Waals surface area (Å²) < 4.78 is 64.0. The number of nitrogens with one attached hydrogen (secondary N) is 2. The van der Waals surface area contributed by atoms with Crippen LogP contribution in [0.25, 0.3) is 0 Å². The lowest BCUT2D eigenvalue weighted by Crippen LogP contribution is -2.53. The van der Waals surface area contributed by atoms with Gasteiger partial charge in [-0.2, -0.15) is 4.98 Å². The minimum absolute atomic E-state index is 0.275. The van der Waals surface area contributed by atoms with E-state index in [1.807, 2.05) is 0 Å². The molecule has 1 aliphatic heterocycles. The van der Waals surface area contributed by atoms with Crippen LogP contribution < -0.4 is 21.6 Å². The van der Waals surface area contributed by atoms with E-state index in [-0.39, 0.29) is 10.8 Å². The lowest BCUT2D eigenvalue weighted by atomic mass is 9.96. The van der Waals surface area contributed by atoms with Crippen LogP contribution >= 0.6 is 19.3 Å². The maximum absolute atomic E-state index is 14.5. The Bertz CT molecular complexity index is 1170. The largest absolute Gasteiger partial charge is 0.462 e. The van der Waals surface area contributed by atoms with Gasteiger partial charge in [-0.05, 0) is 41.5 Å². The smallest absolute Gasteiger partial charge is 0.351 e. The van der Waals surface area contributed by atoms with Gasteiger partial charge in [0.2, 0.25) is 0 Å². The van der Waals surface area contributed by atoms with E-state index < -0.39 is 86.7 Å². The highest BCUT2D eigenvalue weighted by atomic mass is 35.5. The van der Waals surface area contributed by atoms with Crippen LogP contribution in [0.4, 0.5) is 14.6 Å². The predicted octanol–water partition coefficient (Wildman–Crippen LogP) is 0.718. The van der Waals surface area contributed by atoms with Crippen LogP contribution in [0, 0.1) is 0 Å². The number of nitrogen functional groups attached to an aromatic ring is 1. The third kappa shape index (κ3) is 8.41. The molecule has 1 saturated heterocycles. The number of ether oxygens (including phenoxy) is 3. The molecular formula is C22H35ClF2N5O10P. The highest BCUT2D eigenvalue weighted by Gasteiger charge is 2.61. The number of nitrogens with zero attached hydrogens (tertiary/aromatic N) is 2. The lowest BCUT2D eigenvalue weighted by molar-refractivity contribution is -0.192. The van der Waals surface area contributed by atoms with Crippen molar-refractivity contribution >= 4 is 37.0 Å². The highest BCUT2D eigenvalue weighted by molar-refractivity contribution is 7.54. The van der Waals surface area contributed by atoms with Gasteiger partial charge in [-0.3, -0.25) is 18.7 Å². The molecule has 1 fully saturated rings. The number of hydrogen-bond acceptors (Lipinski definition) is 12. The molecule has 0 bridgehead atoms. The van der Waals surface area contributed by atoms with Crippen LogP contribution in [0.3, 0.4) is 0 Å². The number of aliphatic hydroxyl groups excluding tert-OH is 2. The fourth-order valence-electron chi connectivity index (χ4n) is 3.62. The van der Waals surface area contributed by atoms with Crippen molar-refractivity contribution in [3.63, 3.8) is 0 Å². The molecule has 0 aromatic carbocycles. The van der Waals surface area contributed by atoms with Crippen LogP contribution in [0.2, 0.25) is 5.02 Å². The third-order valence-corrected chi connectivity index (χ3v) is 7.88. The molecule has 6 atom stereocenters. The molecule has 6 N–H and O–H groups in total. The fraction of sp³-hybridized carbons (Fsp3) is 0.727. The van der Waals surface area contributed by atoms with Crippen molar-refractivity contribution in [1.29, 1.82) is 0 Å². The lowest BCUT2D eigenvalue weighted by Gasteiger charge is -2.33. The van der Waals surface area contributed by atoms with Crippen molar-refractivity contribution in [2.75, 3.05) is 12.3 Å². The molecule has 234 valence electrons. The molecule has 0 aliphatic carbocycles. The van der Waals surface area contributed by atoms with Crippen LogP contribution in [0.5, 0.6) is 0 Å². The standard InChI is InChI=1S/C22H35ClF2N5O10P/c1-9(2)38-18(33)11(5)28-41(36,29-12(6)19(34)39-10(3)4)37-8-22(20(24)25)15(32)14(31)17(40-22)30-7-13(23)16(26)27-21(30)35/h7,9-12,14-15,17,20,31-32H,8H2,1-6H3,(H2,26,27,35)(H2,28,29,36)/t11-,12-,14+,15-,17+,22+/m0/s1. The summed E-state index contributed by atoms with van der Waals surface area (Å²) in [5.41, 5.74) is 1.25. The van der Waals surface area contributed by atoms with Crippen molar-refractivity contribution in [1.82, 2.24) is 19.7 Å². The average Bonchev–Trinajstić information content (AvgIpc) is 3.10. The van der Waals surface area contributed by atoms with Gasteiger partial charge >= 0.3 is 25.3 Å². The first-order valence-corrected chi connectivity index (χ1v) is 14.4. The molecule has 15 nitrogen and oxygen atoms in total. The van der Waals surface area contributed by atoms with Crippen LogP contribution in [0.1, 0.15) is 47.8 Å². The minimum Gasteiger partial charge on any atom is -0.462 e. The zero-order valence-corrected chi connectivity index (χ0v) is 24.8. The van der Waals surface area contributed by atoms with Gasteiger partial charge in [-0.25, -0.2) is 23.7 Å². The molecule has 1 aromatic heterocycles. The van der Waals surface area contributed by atoms with Gasteiger partial charge in [0.1, 0.15) is 30.1 Å². The second-order valence-electron chi connectivity index (χ2n) is 9.86. The maximum atomic E-state index is 14.5. The number of carbonyl (C=O) groups is 2. The Hall–Kier alpha value is -2.24. The Morgan fingerprint density at radius 3 is 2.07 bits per heavy atom. The van der Waals surface area contributed by atoms with E-state index in [9.17, 15) is 37.9 Å². The number of anilines is 1. The van der Waals surface area contributed by atoms with Crippen LogP contribution in [-0.2, 0) is 32.9 Å². The average molecular weight is 634 g/mol. The van der Waals surface area contributed by atoms with Gasteiger partial charge in [-0.1, -0.05) is 11.6 Å². The summed E-state index contributed by atoms with van der Waals surface area (Å²) in [4.78, 5) is 40.4. The number of nitrogens with two attached hydrogens (primary N) is 1. The monoisotopic (exact) mass is 633 g/mol. The number of esters is 2. The van der Waals surface area contributed by atoms with Gasteiger partial charge in [0.25, 0.3) is 6.43 Å². The van der Waals surface area contributed by atoms with Gasteiger partial charge in [-0.15, -0.1) is 0 Å². The molecule has 41 heavy (non-hydrogen) atoms. The molecule has 0 spiro atoms.